The monoisotopic (exact) mass is 1100 g/mol. The van der Waals surface area contributed by atoms with Gasteiger partial charge in [0.1, 0.15) is 13.2 Å². The van der Waals surface area contributed by atoms with Crippen molar-refractivity contribution in [2.24, 2.45) is 0 Å². The first-order chi connectivity index (χ1) is 38.5. The smallest absolute Gasteiger partial charge is 0.306 e. The van der Waals surface area contributed by atoms with Crippen molar-refractivity contribution in [1.29, 1.82) is 0 Å². The summed E-state index contributed by atoms with van der Waals surface area (Å²) in [5.41, 5.74) is 0. The molecule has 0 aliphatic rings. The molecule has 0 heterocycles. The van der Waals surface area contributed by atoms with Crippen LogP contribution in [-0.4, -0.2) is 37.2 Å². The first kappa shape index (κ1) is 75.9. The molecule has 6 nitrogen and oxygen atoms in total. The standard InChI is InChI=1S/C72H136O6/c1-4-7-10-13-16-19-21-23-25-27-29-31-32-33-34-35-36-37-38-39-40-41-43-44-46-48-50-53-56-59-62-65-71(74)77-68-69(67-76-70(73)64-61-58-55-52-18-15-12-9-6-3)78-72(75)66-63-60-57-54-51-49-47-45-42-30-28-26-24-22-20-17-14-11-8-5-2/h21,23,27,29,69H,4-20,22,24-26,28,30-68H2,1-3H3/b23-21-,29-27-. The number of carbonyl (C=O) groups excluding carboxylic acids is 3. The second-order valence-corrected chi connectivity index (χ2v) is 24.2. The Morgan fingerprint density at radius 2 is 0.462 bits per heavy atom. The highest BCUT2D eigenvalue weighted by Crippen LogP contribution is 2.19. The summed E-state index contributed by atoms with van der Waals surface area (Å²) in [6, 6.07) is 0. The molecule has 0 aliphatic carbocycles. The number of rotatable bonds is 66. The van der Waals surface area contributed by atoms with Gasteiger partial charge in [-0.15, -0.1) is 0 Å². The van der Waals surface area contributed by atoms with Gasteiger partial charge >= 0.3 is 17.9 Å². The van der Waals surface area contributed by atoms with E-state index >= 15 is 0 Å². The summed E-state index contributed by atoms with van der Waals surface area (Å²) >= 11 is 0. The molecule has 0 saturated carbocycles. The van der Waals surface area contributed by atoms with Gasteiger partial charge in [-0.2, -0.15) is 0 Å². The number of esters is 3. The van der Waals surface area contributed by atoms with Crippen molar-refractivity contribution in [3.8, 4) is 0 Å². The molecule has 1 atom stereocenters. The van der Waals surface area contributed by atoms with E-state index in [1.54, 1.807) is 0 Å². The van der Waals surface area contributed by atoms with E-state index in [4.69, 9.17) is 14.2 Å². The van der Waals surface area contributed by atoms with Crippen molar-refractivity contribution in [3.05, 3.63) is 24.3 Å². The Bertz CT molecular complexity index is 1260. The number of unbranched alkanes of at least 4 members (excludes halogenated alkanes) is 51. The topological polar surface area (TPSA) is 78.9 Å². The van der Waals surface area contributed by atoms with Gasteiger partial charge in [0.2, 0.25) is 0 Å². The van der Waals surface area contributed by atoms with Gasteiger partial charge in [-0.1, -0.05) is 353 Å². The summed E-state index contributed by atoms with van der Waals surface area (Å²) in [6.07, 6.45) is 82.3. The highest BCUT2D eigenvalue weighted by Gasteiger charge is 2.19. The zero-order valence-corrected chi connectivity index (χ0v) is 53.0. The lowest BCUT2D eigenvalue weighted by Gasteiger charge is -2.18. The predicted octanol–water partition coefficient (Wildman–Crippen LogP) is 24.2. The second kappa shape index (κ2) is 67.4. The van der Waals surface area contributed by atoms with Crippen molar-refractivity contribution >= 4 is 17.9 Å². The number of ether oxygens (including phenoxy) is 3. The Labute approximate surface area is 487 Å². The first-order valence-corrected chi connectivity index (χ1v) is 35.3. The van der Waals surface area contributed by atoms with Gasteiger partial charge in [-0.05, 0) is 51.4 Å². The fraction of sp³-hybridized carbons (Fsp3) is 0.903. The zero-order valence-electron chi connectivity index (χ0n) is 53.0. The maximum atomic E-state index is 12.9. The molecular weight excluding hydrogens is 961 g/mol. The van der Waals surface area contributed by atoms with Gasteiger partial charge in [-0.25, -0.2) is 0 Å². The molecule has 0 aliphatic heterocycles. The third kappa shape index (κ3) is 64.7. The second-order valence-electron chi connectivity index (χ2n) is 24.2. The van der Waals surface area contributed by atoms with Crippen molar-refractivity contribution in [1.82, 2.24) is 0 Å². The minimum atomic E-state index is -0.765. The minimum Gasteiger partial charge on any atom is -0.462 e. The van der Waals surface area contributed by atoms with E-state index in [0.717, 1.165) is 64.2 Å². The van der Waals surface area contributed by atoms with Crippen LogP contribution in [0.2, 0.25) is 0 Å². The van der Waals surface area contributed by atoms with E-state index < -0.39 is 6.10 Å². The maximum Gasteiger partial charge on any atom is 0.306 e. The predicted molar refractivity (Wildman–Crippen MR) is 340 cm³/mol. The SMILES string of the molecule is CCCCCCC/C=C\C/C=C\CCCCCCCCCCCCCCCCCCCCCC(=O)OCC(COC(=O)CCCCCCCCCCC)OC(=O)CCCCCCCCCCCCCCCCCCCCCC. The first-order valence-electron chi connectivity index (χ1n) is 35.3. The Hall–Kier alpha value is -2.11. The van der Waals surface area contributed by atoms with E-state index in [2.05, 4.69) is 45.1 Å². The van der Waals surface area contributed by atoms with Crippen LogP contribution in [0.5, 0.6) is 0 Å². The van der Waals surface area contributed by atoms with Gasteiger partial charge in [0.05, 0.1) is 0 Å². The fourth-order valence-electron chi connectivity index (χ4n) is 10.9. The van der Waals surface area contributed by atoms with Crippen molar-refractivity contribution in [2.45, 2.75) is 406 Å². The van der Waals surface area contributed by atoms with Crippen LogP contribution >= 0.6 is 0 Å². The molecule has 6 heteroatoms. The Balaban J connectivity index is 4.05. The van der Waals surface area contributed by atoms with Gasteiger partial charge in [-0.3, -0.25) is 14.4 Å². The van der Waals surface area contributed by atoms with Crippen LogP contribution in [0.25, 0.3) is 0 Å². The summed E-state index contributed by atoms with van der Waals surface area (Å²) < 4.78 is 16.9. The lowest BCUT2D eigenvalue weighted by molar-refractivity contribution is -0.167. The van der Waals surface area contributed by atoms with E-state index in [0.29, 0.717) is 19.3 Å². The van der Waals surface area contributed by atoms with Crippen LogP contribution < -0.4 is 0 Å². The summed E-state index contributed by atoms with van der Waals surface area (Å²) in [4.78, 5) is 38.3. The molecule has 0 saturated heterocycles. The quantitative estimate of drug-likeness (QED) is 0.0261. The van der Waals surface area contributed by atoms with Crippen molar-refractivity contribution < 1.29 is 28.6 Å². The lowest BCUT2D eigenvalue weighted by Crippen LogP contribution is -2.30. The van der Waals surface area contributed by atoms with Crippen LogP contribution in [0, 0.1) is 0 Å². The fourth-order valence-corrected chi connectivity index (χ4v) is 10.9. The van der Waals surface area contributed by atoms with Gasteiger partial charge in [0.25, 0.3) is 0 Å². The third-order valence-corrected chi connectivity index (χ3v) is 16.2. The van der Waals surface area contributed by atoms with E-state index in [1.165, 1.54) is 295 Å². The Morgan fingerprint density at radius 3 is 0.705 bits per heavy atom. The van der Waals surface area contributed by atoms with Crippen LogP contribution in [0.1, 0.15) is 400 Å². The van der Waals surface area contributed by atoms with Crippen LogP contribution in [0.15, 0.2) is 24.3 Å². The van der Waals surface area contributed by atoms with Crippen LogP contribution in [0.3, 0.4) is 0 Å². The van der Waals surface area contributed by atoms with E-state index in [9.17, 15) is 14.4 Å². The molecule has 0 bridgehead atoms. The molecule has 0 radical (unpaired) electrons. The molecule has 460 valence electrons. The molecule has 0 aromatic carbocycles. The highest BCUT2D eigenvalue weighted by molar-refractivity contribution is 5.71. The number of hydrogen-bond acceptors (Lipinski definition) is 6. The molecule has 0 aromatic heterocycles. The van der Waals surface area contributed by atoms with Crippen molar-refractivity contribution in [2.75, 3.05) is 13.2 Å². The molecule has 0 fully saturated rings. The molecule has 0 N–H and O–H groups in total. The van der Waals surface area contributed by atoms with Gasteiger partial charge in [0, 0.05) is 19.3 Å². The third-order valence-electron chi connectivity index (χ3n) is 16.2. The molecule has 1 unspecified atom stereocenters. The molecule has 0 aromatic rings. The van der Waals surface area contributed by atoms with Gasteiger partial charge in [0.15, 0.2) is 6.10 Å². The summed E-state index contributed by atoms with van der Waals surface area (Å²) in [7, 11) is 0. The summed E-state index contributed by atoms with van der Waals surface area (Å²) in [5, 5.41) is 0. The maximum absolute atomic E-state index is 12.9. The molecular formula is C72H136O6. The summed E-state index contributed by atoms with van der Waals surface area (Å²) in [6.45, 7) is 6.69. The molecule has 0 spiro atoms. The van der Waals surface area contributed by atoms with Crippen molar-refractivity contribution in [3.63, 3.8) is 0 Å². The minimum absolute atomic E-state index is 0.0635. The average molecular weight is 1100 g/mol. The molecule has 0 rings (SSSR count). The zero-order chi connectivity index (χ0) is 56.4. The molecule has 0 amide bonds. The highest BCUT2D eigenvalue weighted by atomic mass is 16.6. The lowest BCUT2D eigenvalue weighted by atomic mass is 10.0. The Morgan fingerprint density at radius 1 is 0.256 bits per heavy atom. The van der Waals surface area contributed by atoms with Crippen LogP contribution in [0.4, 0.5) is 0 Å². The van der Waals surface area contributed by atoms with E-state index in [-0.39, 0.29) is 31.1 Å². The Kier molecular flexibility index (Phi) is 65.6. The number of hydrogen-bond donors (Lipinski definition) is 0. The summed E-state index contributed by atoms with van der Waals surface area (Å²) in [5.74, 6) is -0.835. The van der Waals surface area contributed by atoms with Gasteiger partial charge < -0.3 is 14.2 Å². The average Bonchev–Trinajstić information content (AvgIpc) is 3.44. The largest absolute Gasteiger partial charge is 0.462 e. The van der Waals surface area contributed by atoms with E-state index in [1.807, 2.05) is 0 Å². The molecule has 78 heavy (non-hydrogen) atoms. The normalized spacial score (nSPS) is 12.1. The van der Waals surface area contributed by atoms with Crippen LogP contribution in [-0.2, 0) is 28.6 Å². The number of allylic oxidation sites excluding steroid dienone is 4. The number of carbonyl (C=O) groups is 3.